The van der Waals surface area contributed by atoms with Crippen molar-refractivity contribution in [2.75, 3.05) is 25.4 Å². The molecule has 0 unspecified atom stereocenters. The molecular formula is C33H39N3O10S. The number of non-ortho nitro benzene ring substituents is 1. The number of carbonyl (C=O) groups excluding carboxylic acids is 1. The fraction of sp³-hybridized carbons (Fsp3) is 0.394. The highest BCUT2D eigenvalue weighted by Crippen LogP contribution is 2.31. The van der Waals surface area contributed by atoms with Crippen LogP contribution in [0.15, 0.2) is 66.7 Å². The summed E-state index contributed by atoms with van der Waals surface area (Å²) in [5.41, 5.74) is 2.70. The van der Waals surface area contributed by atoms with Crippen LogP contribution in [0.1, 0.15) is 66.1 Å². The van der Waals surface area contributed by atoms with Gasteiger partial charge < -0.3 is 25.0 Å². The number of amides is 2. The van der Waals surface area contributed by atoms with E-state index in [0.717, 1.165) is 53.7 Å². The van der Waals surface area contributed by atoms with Crippen LogP contribution in [-0.4, -0.2) is 77.1 Å². The topological polar surface area (TPSA) is 197 Å². The van der Waals surface area contributed by atoms with Gasteiger partial charge in [0.25, 0.3) is 11.6 Å². The van der Waals surface area contributed by atoms with Gasteiger partial charge in [-0.05, 0) is 85.0 Å². The molecule has 2 amide bonds. The minimum absolute atomic E-state index is 0.00144. The van der Waals surface area contributed by atoms with Crippen molar-refractivity contribution in [3.05, 3.63) is 93.5 Å². The molecule has 0 radical (unpaired) electrons. The Morgan fingerprint density at radius 1 is 1.00 bits per heavy atom. The molecule has 0 saturated heterocycles. The molecule has 14 heteroatoms. The normalized spacial score (nSPS) is 14.3. The highest BCUT2D eigenvalue weighted by molar-refractivity contribution is 7.90. The van der Waals surface area contributed by atoms with Crippen molar-refractivity contribution in [3.8, 4) is 16.9 Å². The summed E-state index contributed by atoms with van der Waals surface area (Å²) in [6.07, 6.45) is 2.64. The summed E-state index contributed by atoms with van der Waals surface area (Å²) in [5.74, 6) is -0.919. The molecule has 47 heavy (non-hydrogen) atoms. The number of sulfonamides is 1. The van der Waals surface area contributed by atoms with E-state index in [-0.39, 0.29) is 55.0 Å². The van der Waals surface area contributed by atoms with Gasteiger partial charge in [0.05, 0.1) is 35.0 Å². The van der Waals surface area contributed by atoms with Crippen molar-refractivity contribution in [1.29, 1.82) is 0 Å². The smallest absolute Gasteiger partial charge is 0.407 e. The van der Waals surface area contributed by atoms with E-state index in [0.29, 0.717) is 12.0 Å². The number of rotatable bonds is 15. The molecule has 1 aliphatic rings. The Morgan fingerprint density at radius 3 is 2.28 bits per heavy atom. The average Bonchev–Trinajstić information content (AvgIpc) is 3.06. The molecule has 13 nitrogen and oxygen atoms in total. The summed E-state index contributed by atoms with van der Waals surface area (Å²) in [4.78, 5) is 36.3. The molecule has 0 aromatic heterocycles. The summed E-state index contributed by atoms with van der Waals surface area (Å²) in [7, 11) is -3.94. The number of carbonyl (C=O) groups is 2. The molecular weight excluding hydrogens is 630 g/mol. The maximum atomic E-state index is 13.0. The van der Waals surface area contributed by atoms with Crippen molar-refractivity contribution in [2.45, 2.75) is 57.2 Å². The summed E-state index contributed by atoms with van der Waals surface area (Å²) in [5, 5.41) is 40.1. The van der Waals surface area contributed by atoms with Crippen LogP contribution in [0, 0.1) is 10.1 Å². The summed E-state index contributed by atoms with van der Waals surface area (Å²) >= 11 is 0. The highest BCUT2D eigenvalue weighted by Gasteiger charge is 2.23. The number of nitrogens with one attached hydrogen (secondary N) is 1. The predicted octanol–water partition coefficient (Wildman–Crippen LogP) is 4.67. The van der Waals surface area contributed by atoms with Gasteiger partial charge in [-0.15, -0.1) is 0 Å². The number of aliphatic hydroxyl groups excluding tert-OH is 2. The van der Waals surface area contributed by atoms with Gasteiger partial charge in [-0.3, -0.25) is 14.9 Å². The summed E-state index contributed by atoms with van der Waals surface area (Å²) < 4.78 is 33.0. The number of ether oxygens (including phenoxy) is 1. The minimum Gasteiger partial charge on any atom is -0.490 e. The van der Waals surface area contributed by atoms with Crippen LogP contribution >= 0.6 is 0 Å². The second-order valence-electron chi connectivity index (χ2n) is 11.5. The molecule has 0 bridgehead atoms. The van der Waals surface area contributed by atoms with Crippen LogP contribution < -0.4 is 9.46 Å². The molecule has 3 aromatic carbocycles. The maximum Gasteiger partial charge on any atom is 0.407 e. The molecule has 4 rings (SSSR count). The van der Waals surface area contributed by atoms with E-state index in [1.165, 1.54) is 30.3 Å². The Balaban J connectivity index is 1.45. The molecule has 1 atom stereocenters. The quantitative estimate of drug-likeness (QED) is 0.130. The van der Waals surface area contributed by atoms with Gasteiger partial charge in [-0.1, -0.05) is 36.8 Å². The van der Waals surface area contributed by atoms with E-state index >= 15 is 0 Å². The molecule has 1 saturated carbocycles. The first-order valence-corrected chi connectivity index (χ1v) is 17.1. The number of benzene rings is 3. The fourth-order valence-corrected chi connectivity index (χ4v) is 6.38. The van der Waals surface area contributed by atoms with Crippen molar-refractivity contribution >= 4 is 27.7 Å². The van der Waals surface area contributed by atoms with Gasteiger partial charge in [-0.25, -0.2) is 17.9 Å². The van der Waals surface area contributed by atoms with Crippen LogP contribution in [0.3, 0.4) is 0 Å². The average molecular weight is 670 g/mol. The lowest BCUT2D eigenvalue weighted by Crippen LogP contribution is -2.35. The lowest BCUT2D eigenvalue weighted by atomic mass is 9.97. The number of hydrogen-bond donors (Lipinski definition) is 4. The Hall–Kier alpha value is -4.53. The van der Waals surface area contributed by atoms with E-state index in [1.54, 1.807) is 12.1 Å². The van der Waals surface area contributed by atoms with E-state index in [2.05, 4.69) is 4.72 Å². The lowest BCUT2D eigenvalue weighted by Gasteiger charge is -2.24. The SMILES string of the molecule is O=C(NS(=O)(=O)CCCO)c1ccc(-c2ccc(CCN(C[C@@H](O)c3ccc([N+](=O)[O-])cc3)C(=O)O)cc2)cc1OC1CCCCC1. The van der Waals surface area contributed by atoms with Gasteiger partial charge in [0, 0.05) is 25.3 Å². The van der Waals surface area contributed by atoms with Gasteiger partial charge in [0.1, 0.15) is 5.75 Å². The third-order valence-corrected chi connectivity index (χ3v) is 9.32. The molecule has 252 valence electrons. The Labute approximate surface area is 273 Å². The van der Waals surface area contributed by atoms with Crippen molar-refractivity contribution in [1.82, 2.24) is 9.62 Å². The molecule has 4 N–H and O–H groups in total. The second kappa shape index (κ2) is 16.3. The molecule has 1 fully saturated rings. The van der Waals surface area contributed by atoms with Crippen molar-refractivity contribution in [2.24, 2.45) is 0 Å². The first-order chi connectivity index (χ1) is 22.5. The lowest BCUT2D eigenvalue weighted by molar-refractivity contribution is -0.384. The second-order valence-corrected chi connectivity index (χ2v) is 13.3. The number of nitro groups is 1. The zero-order valence-corrected chi connectivity index (χ0v) is 26.6. The molecule has 0 spiro atoms. The highest BCUT2D eigenvalue weighted by atomic mass is 32.2. The Kier molecular flexibility index (Phi) is 12.3. The third kappa shape index (κ3) is 10.2. The summed E-state index contributed by atoms with van der Waals surface area (Å²) in [6, 6.07) is 17.6. The van der Waals surface area contributed by atoms with Gasteiger partial charge in [0.15, 0.2) is 0 Å². The third-order valence-electron chi connectivity index (χ3n) is 8.00. The zero-order chi connectivity index (χ0) is 34.0. The van der Waals surface area contributed by atoms with Crippen LogP contribution in [-0.2, 0) is 16.4 Å². The number of carboxylic acid groups (broad SMARTS) is 1. The van der Waals surface area contributed by atoms with Crippen LogP contribution in [0.5, 0.6) is 5.75 Å². The zero-order valence-electron chi connectivity index (χ0n) is 25.8. The monoisotopic (exact) mass is 669 g/mol. The first kappa shape index (κ1) is 35.3. The number of hydrogen-bond acceptors (Lipinski definition) is 9. The fourth-order valence-electron chi connectivity index (χ4n) is 5.38. The Bertz CT molecular complexity index is 1640. The number of aliphatic hydroxyl groups is 2. The van der Waals surface area contributed by atoms with Crippen LogP contribution in [0.25, 0.3) is 11.1 Å². The summed E-state index contributed by atoms with van der Waals surface area (Å²) in [6.45, 7) is -0.426. The standard InChI is InChI=1S/C33H39N3O10S/c37-19-4-20-47(44,45)34-32(39)29-16-13-26(21-31(29)46-28-5-2-1-3-6-28)24-9-7-23(8-10-24)17-18-35(33(40)41)22-30(38)25-11-14-27(15-12-25)36(42)43/h7-16,21,28,30,37-38H,1-6,17-20,22H2,(H,34,39)(H,40,41)/t30-/m1/s1. The van der Waals surface area contributed by atoms with E-state index in [9.17, 15) is 38.3 Å². The maximum absolute atomic E-state index is 13.0. The van der Waals surface area contributed by atoms with Crippen molar-refractivity contribution < 1.29 is 43.0 Å². The first-order valence-electron chi connectivity index (χ1n) is 15.4. The largest absolute Gasteiger partial charge is 0.490 e. The number of nitrogens with zero attached hydrogens (tertiary/aromatic N) is 2. The molecule has 3 aromatic rings. The van der Waals surface area contributed by atoms with Crippen LogP contribution in [0.2, 0.25) is 0 Å². The van der Waals surface area contributed by atoms with Crippen LogP contribution in [0.4, 0.5) is 10.5 Å². The minimum atomic E-state index is -3.94. The van der Waals surface area contributed by atoms with Crippen molar-refractivity contribution in [3.63, 3.8) is 0 Å². The molecule has 0 heterocycles. The van der Waals surface area contributed by atoms with Gasteiger partial charge >= 0.3 is 6.09 Å². The van der Waals surface area contributed by atoms with Gasteiger partial charge in [0.2, 0.25) is 10.0 Å². The van der Waals surface area contributed by atoms with E-state index in [1.807, 2.05) is 24.3 Å². The van der Waals surface area contributed by atoms with E-state index in [4.69, 9.17) is 9.84 Å². The number of nitro benzene ring substituents is 1. The predicted molar refractivity (Wildman–Crippen MR) is 174 cm³/mol. The molecule has 1 aliphatic carbocycles. The Morgan fingerprint density at radius 2 is 1.66 bits per heavy atom. The van der Waals surface area contributed by atoms with Gasteiger partial charge in [-0.2, -0.15) is 0 Å². The molecule has 0 aliphatic heterocycles. The van der Waals surface area contributed by atoms with E-state index < -0.39 is 33.1 Å².